The van der Waals surface area contributed by atoms with Crippen molar-refractivity contribution in [3.05, 3.63) is 34.5 Å². The highest BCUT2D eigenvalue weighted by atomic mass is 35.5. The molecule has 0 unspecified atom stereocenters. The van der Waals surface area contributed by atoms with Gasteiger partial charge in [-0.05, 0) is 12.1 Å². The van der Waals surface area contributed by atoms with Crippen LogP contribution in [0.3, 0.4) is 0 Å². The van der Waals surface area contributed by atoms with Crippen LogP contribution in [0.2, 0.25) is 5.02 Å². The molecule has 174 valence electrons. The number of piperazine rings is 1. The van der Waals surface area contributed by atoms with E-state index in [0.717, 1.165) is 0 Å². The Labute approximate surface area is 192 Å². The summed E-state index contributed by atoms with van der Waals surface area (Å²) in [6.45, 7) is 6.00. The normalized spacial score (nSPS) is 17.0. The number of hydrogen-bond acceptors (Lipinski definition) is 8. The van der Waals surface area contributed by atoms with Gasteiger partial charge in [-0.15, -0.1) is 0 Å². The molecule has 1 aromatic carbocycles. The number of nitrogens with zero attached hydrogens (tertiary/aromatic N) is 3. The van der Waals surface area contributed by atoms with E-state index in [1.807, 2.05) is 18.7 Å². The molecule has 2 aliphatic rings. The number of esters is 2. The number of rotatable bonds is 5. The van der Waals surface area contributed by atoms with E-state index in [0.29, 0.717) is 42.6 Å². The lowest BCUT2D eigenvalue weighted by Gasteiger charge is -2.40. The number of carbonyl (C=O) groups excluding carboxylic acids is 3. The van der Waals surface area contributed by atoms with E-state index in [1.165, 1.54) is 14.2 Å². The van der Waals surface area contributed by atoms with Crippen molar-refractivity contribution in [3.8, 4) is 0 Å². The van der Waals surface area contributed by atoms with E-state index in [9.17, 15) is 14.4 Å². The molecule has 32 heavy (non-hydrogen) atoms. The topological polar surface area (TPSA) is 88.6 Å². The van der Waals surface area contributed by atoms with Crippen LogP contribution in [0.5, 0.6) is 0 Å². The highest BCUT2D eigenvalue weighted by Gasteiger charge is 2.35. The van der Waals surface area contributed by atoms with Gasteiger partial charge in [0.25, 0.3) is 0 Å². The van der Waals surface area contributed by atoms with Crippen LogP contribution in [0.15, 0.2) is 29.5 Å². The van der Waals surface area contributed by atoms with Gasteiger partial charge in [0.05, 0.1) is 42.8 Å². The lowest BCUT2D eigenvalue weighted by molar-refractivity contribution is -0.140. The largest absolute Gasteiger partial charge is 0.466 e. The Hall–Kier alpha value is -2.78. The lowest BCUT2D eigenvalue weighted by Crippen LogP contribution is -2.50. The Kier molecular flexibility index (Phi) is 7.63. The summed E-state index contributed by atoms with van der Waals surface area (Å²) < 4.78 is 15.4. The molecular formula is C22H28ClN3O6. The molecule has 1 fully saturated rings. The van der Waals surface area contributed by atoms with Gasteiger partial charge in [-0.2, -0.15) is 0 Å². The lowest BCUT2D eigenvalue weighted by atomic mass is 10.1. The smallest absolute Gasteiger partial charge is 0.355 e. The van der Waals surface area contributed by atoms with E-state index in [4.69, 9.17) is 25.8 Å². The zero-order valence-corrected chi connectivity index (χ0v) is 19.5. The molecule has 3 rings (SSSR count). The van der Waals surface area contributed by atoms with E-state index in [1.54, 1.807) is 23.1 Å². The number of methoxy groups -OCH3 is 2. The molecular weight excluding hydrogens is 438 g/mol. The standard InChI is InChI=1S/C22H28ClN3O6/c1-14(2)20(27)25-10-8-24(9-11-25)19-16(23)6-5-7-17(19)26-13-32-12-15(21(28)30-3)18(26)22(29)31-4/h5-7,14H,8-13H2,1-4H3. The van der Waals surface area contributed by atoms with Crippen LogP contribution in [-0.2, 0) is 28.6 Å². The number of hydrogen-bond donors (Lipinski definition) is 0. The summed E-state index contributed by atoms with van der Waals surface area (Å²) in [5.41, 5.74) is 1.43. The number of carbonyl (C=O) groups is 3. The summed E-state index contributed by atoms with van der Waals surface area (Å²) in [5, 5.41) is 0.487. The van der Waals surface area contributed by atoms with Crippen LogP contribution in [0.4, 0.5) is 11.4 Å². The zero-order chi connectivity index (χ0) is 23.4. The molecule has 0 aliphatic carbocycles. The molecule has 0 bridgehead atoms. The average molecular weight is 466 g/mol. The fourth-order valence-corrected chi connectivity index (χ4v) is 4.17. The van der Waals surface area contributed by atoms with E-state index in [2.05, 4.69) is 4.90 Å². The molecule has 0 radical (unpaired) electrons. The van der Waals surface area contributed by atoms with Gasteiger partial charge in [0.1, 0.15) is 12.4 Å². The fourth-order valence-electron chi connectivity index (χ4n) is 3.88. The minimum Gasteiger partial charge on any atom is -0.466 e. The number of anilines is 2. The monoisotopic (exact) mass is 465 g/mol. The molecule has 10 heteroatoms. The highest BCUT2D eigenvalue weighted by molar-refractivity contribution is 6.34. The second-order valence-electron chi connectivity index (χ2n) is 7.79. The van der Waals surface area contributed by atoms with Gasteiger partial charge in [-0.1, -0.05) is 31.5 Å². The van der Waals surface area contributed by atoms with Gasteiger partial charge in [0.2, 0.25) is 5.91 Å². The molecule has 2 heterocycles. The predicted molar refractivity (Wildman–Crippen MR) is 119 cm³/mol. The molecule has 9 nitrogen and oxygen atoms in total. The van der Waals surface area contributed by atoms with Crippen molar-refractivity contribution in [3.63, 3.8) is 0 Å². The molecule has 1 aromatic rings. The molecule has 2 aliphatic heterocycles. The first-order valence-corrected chi connectivity index (χ1v) is 10.7. The van der Waals surface area contributed by atoms with E-state index < -0.39 is 11.9 Å². The molecule has 0 saturated carbocycles. The van der Waals surface area contributed by atoms with Crippen LogP contribution in [0.1, 0.15) is 13.8 Å². The second kappa shape index (κ2) is 10.2. The quantitative estimate of drug-likeness (QED) is 0.610. The van der Waals surface area contributed by atoms with E-state index >= 15 is 0 Å². The highest BCUT2D eigenvalue weighted by Crippen LogP contribution is 2.40. The number of ether oxygens (including phenoxy) is 3. The number of benzene rings is 1. The van der Waals surface area contributed by atoms with Crippen LogP contribution in [0, 0.1) is 5.92 Å². The zero-order valence-electron chi connectivity index (χ0n) is 18.7. The van der Waals surface area contributed by atoms with Crippen molar-refractivity contribution in [1.29, 1.82) is 0 Å². The molecule has 1 saturated heterocycles. The van der Waals surface area contributed by atoms with Gasteiger partial charge in [0, 0.05) is 32.1 Å². The average Bonchev–Trinajstić information content (AvgIpc) is 2.82. The van der Waals surface area contributed by atoms with Gasteiger partial charge in [-0.3, -0.25) is 4.79 Å². The molecule has 0 aromatic heterocycles. The number of amides is 1. The van der Waals surface area contributed by atoms with Crippen LogP contribution >= 0.6 is 11.6 Å². The van der Waals surface area contributed by atoms with Crippen molar-refractivity contribution in [2.45, 2.75) is 13.8 Å². The maximum Gasteiger partial charge on any atom is 0.355 e. The second-order valence-corrected chi connectivity index (χ2v) is 8.20. The summed E-state index contributed by atoms with van der Waals surface area (Å²) in [6, 6.07) is 5.33. The van der Waals surface area contributed by atoms with Crippen molar-refractivity contribution >= 4 is 40.8 Å². The Morgan fingerprint density at radius 1 is 1.03 bits per heavy atom. The number of halogens is 1. The number of para-hydroxylation sites is 1. The maximum atomic E-state index is 12.7. The molecule has 0 atom stereocenters. The third-order valence-corrected chi connectivity index (χ3v) is 5.80. The first kappa shape index (κ1) is 23.9. The third kappa shape index (κ3) is 4.68. The fraction of sp³-hybridized carbons (Fsp3) is 0.500. The van der Waals surface area contributed by atoms with Gasteiger partial charge < -0.3 is 28.9 Å². The van der Waals surface area contributed by atoms with Gasteiger partial charge >= 0.3 is 11.9 Å². The summed E-state index contributed by atoms with van der Waals surface area (Å²) >= 11 is 6.61. The van der Waals surface area contributed by atoms with Gasteiger partial charge in [-0.25, -0.2) is 9.59 Å². The molecule has 0 N–H and O–H groups in total. The minimum atomic E-state index is -0.674. The Morgan fingerprint density at radius 2 is 1.69 bits per heavy atom. The summed E-state index contributed by atoms with van der Waals surface area (Å²) in [5.74, 6) is -1.29. The first-order valence-electron chi connectivity index (χ1n) is 10.4. The van der Waals surface area contributed by atoms with Crippen molar-refractivity contribution in [2.24, 2.45) is 5.92 Å². The Balaban J connectivity index is 1.99. The Morgan fingerprint density at radius 3 is 2.28 bits per heavy atom. The van der Waals surface area contributed by atoms with Crippen LogP contribution in [-0.4, -0.2) is 76.5 Å². The predicted octanol–water partition coefficient (Wildman–Crippen LogP) is 2.04. The SMILES string of the molecule is COC(=O)C1=C(C(=O)OC)N(c2cccc(Cl)c2N2CCN(C(=O)C(C)C)CC2)COC1. The third-order valence-electron chi connectivity index (χ3n) is 5.49. The van der Waals surface area contributed by atoms with Crippen molar-refractivity contribution < 1.29 is 28.6 Å². The molecule has 0 spiro atoms. The molecule has 1 amide bonds. The van der Waals surface area contributed by atoms with Gasteiger partial charge in [0.15, 0.2) is 0 Å². The van der Waals surface area contributed by atoms with Crippen LogP contribution in [0.25, 0.3) is 0 Å². The van der Waals surface area contributed by atoms with E-state index in [-0.39, 0.29) is 36.4 Å². The summed E-state index contributed by atoms with van der Waals surface area (Å²) in [7, 11) is 2.49. The minimum absolute atomic E-state index is 0.0318. The first-order chi connectivity index (χ1) is 15.3. The Bertz CT molecular complexity index is 924. The van der Waals surface area contributed by atoms with Crippen LogP contribution < -0.4 is 9.80 Å². The summed E-state index contributed by atoms with van der Waals surface area (Å²) in [6.07, 6.45) is 0. The van der Waals surface area contributed by atoms with Crippen molar-refractivity contribution in [1.82, 2.24) is 4.90 Å². The summed E-state index contributed by atoms with van der Waals surface area (Å²) in [4.78, 5) is 42.8. The van der Waals surface area contributed by atoms with Crippen molar-refractivity contribution in [2.75, 3.05) is 63.5 Å². The maximum absolute atomic E-state index is 12.7.